The third-order valence-electron chi connectivity index (χ3n) is 2.41. The molecule has 1 aromatic carbocycles. The van der Waals surface area contributed by atoms with Gasteiger partial charge in [0.2, 0.25) is 11.8 Å². The van der Waals surface area contributed by atoms with Gasteiger partial charge in [0.05, 0.1) is 10.7 Å². The maximum Gasteiger partial charge on any atom is 0.248 e. The first-order valence-electron chi connectivity index (χ1n) is 4.96. The molecule has 2 rings (SSSR count). The first-order chi connectivity index (χ1) is 7.58. The van der Waals surface area contributed by atoms with Crippen molar-refractivity contribution in [2.45, 2.75) is 19.8 Å². The normalized spacial score (nSPS) is 15.8. The van der Waals surface area contributed by atoms with Gasteiger partial charge in [0.15, 0.2) is 0 Å². The maximum atomic E-state index is 11.4. The van der Waals surface area contributed by atoms with Crippen LogP contribution in [0.2, 0.25) is 5.02 Å². The minimum atomic E-state index is -0.220. The van der Waals surface area contributed by atoms with Crippen LogP contribution >= 0.6 is 11.6 Å². The molecule has 0 saturated carbocycles. The second kappa shape index (κ2) is 4.14. The Hall–Kier alpha value is -1.55. The monoisotopic (exact) mass is 238 g/mol. The highest BCUT2D eigenvalue weighted by molar-refractivity contribution is 6.33. The molecule has 0 bridgehead atoms. The van der Waals surface area contributed by atoms with Crippen LogP contribution in [0.5, 0.6) is 0 Å². The number of hydrogen-bond acceptors (Lipinski definition) is 3. The number of hydrogen-bond donors (Lipinski definition) is 1. The van der Waals surface area contributed by atoms with Crippen molar-refractivity contribution in [1.29, 1.82) is 0 Å². The highest BCUT2D eigenvalue weighted by Gasteiger charge is 2.29. The van der Waals surface area contributed by atoms with E-state index in [9.17, 15) is 9.59 Å². The molecule has 4 nitrogen and oxygen atoms in total. The van der Waals surface area contributed by atoms with Crippen LogP contribution in [0.1, 0.15) is 18.4 Å². The van der Waals surface area contributed by atoms with E-state index < -0.39 is 0 Å². The molecule has 2 amide bonds. The Morgan fingerprint density at radius 1 is 1.25 bits per heavy atom. The minimum absolute atomic E-state index is 0.220. The molecular formula is C11H11ClN2O2. The van der Waals surface area contributed by atoms with Crippen molar-refractivity contribution < 1.29 is 9.59 Å². The predicted octanol–water partition coefficient (Wildman–Crippen LogP) is 2.12. The van der Waals surface area contributed by atoms with Gasteiger partial charge in [-0.05, 0) is 24.6 Å². The van der Waals surface area contributed by atoms with E-state index in [1.807, 2.05) is 13.0 Å². The molecule has 1 heterocycles. The summed E-state index contributed by atoms with van der Waals surface area (Å²) in [5, 5.41) is 1.51. The van der Waals surface area contributed by atoms with Crippen molar-refractivity contribution in [3.05, 3.63) is 28.8 Å². The highest BCUT2D eigenvalue weighted by Crippen LogP contribution is 2.24. The Kier molecular flexibility index (Phi) is 2.83. The van der Waals surface area contributed by atoms with E-state index in [-0.39, 0.29) is 24.7 Å². The Morgan fingerprint density at radius 2 is 1.88 bits per heavy atom. The predicted molar refractivity (Wildman–Crippen MR) is 60.9 cm³/mol. The van der Waals surface area contributed by atoms with Crippen LogP contribution in [0.15, 0.2) is 18.2 Å². The third kappa shape index (κ3) is 2.02. The van der Waals surface area contributed by atoms with E-state index >= 15 is 0 Å². The van der Waals surface area contributed by atoms with E-state index in [1.54, 1.807) is 12.1 Å². The Morgan fingerprint density at radius 3 is 2.50 bits per heavy atom. The summed E-state index contributed by atoms with van der Waals surface area (Å²) in [7, 11) is 0. The topological polar surface area (TPSA) is 49.4 Å². The third-order valence-corrected chi connectivity index (χ3v) is 2.74. The number of nitrogens with one attached hydrogen (secondary N) is 1. The summed E-state index contributed by atoms with van der Waals surface area (Å²) in [6.07, 6.45) is 0.518. The van der Waals surface area contributed by atoms with Crippen molar-refractivity contribution in [1.82, 2.24) is 5.01 Å². The van der Waals surface area contributed by atoms with Crippen LogP contribution in [0.3, 0.4) is 0 Å². The summed E-state index contributed by atoms with van der Waals surface area (Å²) in [6.45, 7) is 1.91. The molecule has 1 fully saturated rings. The molecular weight excluding hydrogens is 228 g/mol. The summed E-state index contributed by atoms with van der Waals surface area (Å²) in [5.41, 5.74) is 4.33. The number of hydrazine groups is 1. The maximum absolute atomic E-state index is 11.4. The average molecular weight is 239 g/mol. The highest BCUT2D eigenvalue weighted by atomic mass is 35.5. The molecule has 16 heavy (non-hydrogen) atoms. The molecule has 1 N–H and O–H groups in total. The van der Waals surface area contributed by atoms with Crippen molar-refractivity contribution in [2.75, 3.05) is 5.43 Å². The number of rotatable bonds is 2. The standard InChI is InChI=1S/C11H11ClN2O2/c1-7-2-3-8(12)9(6-7)13-14-10(15)4-5-11(14)16/h2-3,6,13H,4-5H2,1H3. The van der Waals surface area contributed by atoms with E-state index in [2.05, 4.69) is 5.43 Å². The Bertz CT molecular complexity index is 443. The van der Waals surface area contributed by atoms with Gasteiger partial charge >= 0.3 is 0 Å². The van der Waals surface area contributed by atoms with Crippen LogP contribution in [-0.4, -0.2) is 16.8 Å². The van der Waals surface area contributed by atoms with Gasteiger partial charge in [-0.15, -0.1) is 0 Å². The van der Waals surface area contributed by atoms with Crippen molar-refractivity contribution in [3.63, 3.8) is 0 Å². The molecule has 1 saturated heterocycles. The first kappa shape index (κ1) is 11.0. The van der Waals surface area contributed by atoms with Crippen molar-refractivity contribution in [2.24, 2.45) is 0 Å². The summed E-state index contributed by atoms with van der Waals surface area (Å²) >= 11 is 5.96. The zero-order valence-corrected chi connectivity index (χ0v) is 9.54. The number of carbonyl (C=O) groups excluding carboxylic acids is 2. The van der Waals surface area contributed by atoms with Crippen LogP contribution in [0.4, 0.5) is 5.69 Å². The molecule has 0 atom stereocenters. The van der Waals surface area contributed by atoms with Crippen LogP contribution < -0.4 is 5.43 Å². The smallest absolute Gasteiger partial charge is 0.248 e. The number of aryl methyl sites for hydroxylation is 1. The van der Waals surface area contributed by atoms with Crippen molar-refractivity contribution >= 4 is 29.1 Å². The zero-order valence-electron chi connectivity index (χ0n) is 8.79. The lowest BCUT2D eigenvalue weighted by atomic mass is 10.2. The van der Waals surface area contributed by atoms with Gasteiger partial charge in [-0.2, -0.15) is 5.01 Å². The SMILES string of the molecule is Cc1ccc(Cl)c(NN2C(=O)CCC2=O)c1. The molecule has 84 valence electrons. The van der Waals surface area contributed by atoms with E-state index in [0.29, 0.717) is 10.7 Å². The van der Waals surface area contributed by atoms with Crippen molar-refractivity contribution in [3.8, 4) is 0 Å². The molecule has 0 aliphatic carbocycles. The van der Waals surface area contributed by atoms with Crippen LogP contribution in [-0.2, 0) is 9.59 Å². The fraction of sp³-hybridized carbons (Fsp3) is 0.273. The van der Waals surface area contributed by atoms with Crippen LogP contribution in [0.25, 0.3) is 0 Å². The summed E-state index contributed by atoms with van der Waals surface area (Å²) in [5.74, 6) is -0.440. The molecule has 0 unspecified atom stereocenters. The van der Waals surface area contributed by atoms with Gasteiger partial charge in [0.1, 0.15) is 0 Å². The number of nitrogens with zero attached hydrogens (tertiary/aromatic N) is 1. The molecule has 1 aromatic rings. The van der Waals surface area contributed by atoms with Gasteiger partial charge in [-0.1, -0.05) is 17.7 Å². The zero-order chi connectivity index (χ0) is 11.7. The van der Waals surface area contributed by atoms with E-state index in [1.165, 1.54) is 0 Å². The fourth-order valence-electron chi connectivity index (χ4n) is 1.55. The van der Waals surface area contributed by atoms with Gasteiger partial charge in [-0.3, -0.25) is 15.0 Å². The quantitative estimate of drug-likeness (QED) is 0.803. The Balaban J connectivity index is 2.23. The van der Waals surface area contributed by atoms with Gasteiger partial charge < -0.3 is 0 Å². The summed E-state index contributed by atoms with van der Waals surface area (Å²) in [4.78, 5) is 22.8. The molecule has 0 aromatic heterocycles. The number of imide groups is 1. The van der Waals surface area contributed by atoms with Crippen LogP contribution in [0, 0.1) is 6.92 Å². The lowest BCUT2D eigenvalue weighted by Gasteiger charge is -2.17. The van der Waals surface area contributed by atoms with E-state index in [0.717, 1.165) is 10.6 Å². The first-order valence-corrected chi connectivity index (χ1v) is 5.34. The number of halogens is 1. The number of amides is 2. The van der Waals surface area contributed by atoms with Gasteiger partial charge in [-0.25, -0.2) is 0 Å². The largest absolute Gasteiger partial charge is 0.287 e. The van der Waals surface area contributed by atoms with Gasteiger partial charge in [0.25, 0.3) is 0 Å². The fourth-order valence-corrected chi connectivity index (χ4v) is 1.71. The van der Waals surface area contributed by atoms with Gasteiger partial charge in [0, 0.05) is 12.8 Å². The lowest BCUT2D eigenvalue weighted by molar-refractivity contribution is -0.136. The summed E-state index contributed by atoms with van der Waals surface area (Å²) in [6, 6.07) is 5.38. The lowest BCUT2D eigenvalue weighted by Crippen LogP contribution is -2.34. The molecule has 0 spiro atoms. The second-order valence-corrected chi connectivity index (χ2v) is 4.13. The molecule has 0 radical (unpaired) electrons. The Labute approximate surface area is 98.2 Å². The van der Waals surface area contributed by atoms with E-state index in [4.69, 9.17) is 11.6 Å². The summed E-state index contributed by atoms with van der Waals surface area (Å²) < 4.78 is 0. The number of anilines is 1. The average Bonchev–Trinajstić information content (AvgIpc) is 2.55. The number of carbonyl (C=O) groups is 2. The minimum Gasteiger partial charge on any atom is -0.287 e. The second-order valence-electron chi connectivity index (χ2n) is 3.72. The number of benzene rings is 1. The molecule has 1 aliphatic rings. The molecule has 1 aliphatic heterocycles. The molecule has 5 heteroatoms.